The molecule has 0 aromatic rings. The van der Waals surface area contributed by atoms with Crippen LogP contribution in [0, 0.1) is 5.92 Å². The van der Waals surface area contributed by atoms with E-state index >= 15 is 0 Å². The Bertz CT molecular complexity index is 314. The summed E-state index contributed by atoms with van der Waals surface area (Å²) in [4.78, 5) is 21.5. The maximum atomic E-state index is 10.8. The number of hydrazine groups is 2. The SMILES string of the molecule is NCCC(CCCCN(N)C(N)=O)CCCN(N)C(N)=O. The lowest BCUT2D eigenvalue weighted by Gasteiger charge is -2.19. The summed E-state index contributed by atoms with van der Waals surface area (Å²) in [6.45, 7) is 1.51. The zero-order chi connectivity index (χ0) is 16.3. The van der Waals surface area contributed by atoms with Crippen LogP contribution in [0.15, 0.2) is 0 Å². The van der Waals surface area contributed by atoms with Gasteiger partial charge >= 0.3 is 12.1 Å². The molecule has 4 amide bonds. The summed E-state index contributed by atoms with van der Waals surface area (Å²) in [5, 5.41) is 2.02. The molecule has 0 bridgehead atoms. The van der Waals surface area contributed by atoms with Crippen LogP contribution >= 0.6 is 0 Å². The lowest BCUT2D eigenvalue weighted by molar-refractivity contribution is 0.204. The monoisotopic (exact) mass is 303 g/mol. The second-order valence-electron chi connectivity index (χ2n) is 5.14. The summed E-state index contributed by atoms with van der Waals surface area (Å²) in [6.07, 6.45) is 5.36. The average Bonchev–Trinajstić information content (AvgIpc) is 2.42. The highest BCUT2D eigenvalue weighted by molar-refractivity contribution is 5.71. The molecule has 124 valence electrons. The van der Waals surface area contributed by atoms with E-state index in [0.717, 1.165) is 48.5 Å². The molecule has 1 atom stereocenters. The molecule has 1 unspecified atom stereocenters. The summed E-state index contributed by atoms with van der Waals surface area (Å²) in [7, 11) is 0. The zero-order valence-corrected chi connectivity index (χ0v) is 12.5. The Morgan fingerprint density at radius 2 is 1.29 bits per heavy atom. The van der Waals surface area contributed by atoms with E-state index in [-0.39, 0.29) is 0 Å². The summed E-state index contributed by atoms with van der Waals surface area (Å²) in [6, 6.07) is -1.25. The van der Waals surface area contributed by atoms with Crippen molar-refractivity contribution >= 4 is 12.1 Å². The predicted octanol–water partition coefficient (Wildman–Crippen LogP) is -0.589. The van der Waals surface area contributed by atoms with E-state index in [1.807, 2.05) is 0 Å². The van der Waals surface area contributed by atoms with Crippen LogP contribution < -0.4 is 28.9 Å². The van der Waals surface area contributed by atoms with E-state index in [4.69, 9.17) is 28.9 Å². The Balaban J connectivity index is 3.86. The first-order valence-corrected chi connectivity index (χ1v) is 7.21. The van der Waals surface area contributed by atoms with Gasteiger partial charge in [0.15, 0.2) is 0 Å². The van der Waals surface area contributed by atoms with Crippen molar-refractivity contribution in [2.45, 2.75) is 38.5 Å². The number of carbonyl (C=O) groups is 2. The second-order valence-corrected chi connectivity index (χ2v) is 5.14. The molecule has 21 heavy (non-hydrogen) atoms. The molecule has 0 aromatic heterocycles. The fourth-order valence-electron chi connectivity index (χ4n) is 2.15. The Labute approximate surface area is 125 Å². The minimum absolute atomic E-state index is 0.439. The smallest absolute Gasteiger partial charge is 0.328 e. The van der Waals surface area contributed by atoms with Gasteiger partial charge in [0.05, 0.1) is 0 Å². The molecule has 9 heteroatoms. The lowest BCUT2D eigenvalue weighted by atomic mass is 9.93. The van der Waals surface area contributed by atoms with E-state index in [9.17, 15) is 9.59 Å². The first kappa shape index (κ1) is 19.4. The minimum Gasteiger partial charge on any atom is -0.350 e. The van der Waals surface area contributed by atoms with E-state index in [1.165, 1.54) is 0 Å². The Hall–Kier alpha value is -1.58. The van der Waals surface area contributed by atoms with Gasteiger partial charge in [0, 0.05) is 13.1 Å². The van der Waals surface area contributed by atoms with Gasteiger partial charge in [-0.3, -0.25) is 10.0 Å². The highest BCUT2D eigenvalue weighted by Gasteiger charge is 2.10. The molecule has 0 rings (SSSR count). The molecule has 0 spiro atoms. The van der Waals surface area contributed by atoms with Crippen LogP contribution in [0.25, 0.3) is 0 Å². The number of primary amides is 2. The van der Waals surface area contributed by atoms with Gasteiger partial charge in [-0.25, -0.2) is 21.3 Å². The zero-order valence-electron chi connectivity index (χ0n) is 12.5. The van der Waals surface area contributed by atoms with Crippen molar-refractivity contribution in [2.24, 2.45) is 34.8 Å². The van der Waals surface area contributed by atoms with E-state index in [2.05, 4.69) is 0 Å². The van der Waals surface area contributed by atoms with Gasteiger partial charge in [-0.15, -0.1) is 0 Å². The number of unbranched alkanes of at least 4 members (excludes halogenated alkanes) is 1. The third-order valence-electron chi connectivity index (χ3n) is 3.41. The molecular weight excluding hydrogens is 274 g/mol. The van der Waals surface area contributed by atoms with Crippen molar-refractivity contribution < 1.29 is 9.59 Å². The third-order valence-corrected chi connectivity index (χ3v) is 3.41. The van der Waals surface area contributed by atoms with Gasteiger partial charge < -0.3 is 17.2 Å². The molecule has 0 radical (unpaired) electrons. The lowest BCUT2D eigenvalue weighted by Crippen LogP contribution is -2.42. The number of rotatable bonds is 11. The van der Waals surface area contributed by atoms with Gasteiger partial charge in [-0.1, -0.05) is 12.8 Å². The number of amides is 4. The predicted molar refractivity (Wildman–Crippen MR) is 81.2 cm³/mol. The summed E-state index contributed by atoms with van der Waals surface area (Å²) in [5.74, 6) is 11.3. The first-order chi connectivity index (χ1) is 9.88. The number of hydrogen-bond donors (Lipinski definition) is 5. The molecule has 0 aromatic carbocycles. The van der Waals surface area contributed by atoms with Crippen LogP contribution in [0.2, 0.25) is 0 Å². The molecular formula is C12H29N7O2. The first-order valence-electron chi connectivity index (χ1n) is 7.21. The topological polar surface area (TPSA) is 171 Å². The van der Waals surface area contributed by atoms with Crippen LogP contribution in [0.4, 0.5) is 9.59 Å². The third kappa shape index (κ3) is 9.88. The van der Waals surface area contributed by atoms with E-state index < -0.39 is 12.1 Å². The number of nitrogens with two attached hydrogens (primary N) is 5. The van der Waals surface area contributed by atoms with Crippen molar-refractivity contribution in [3.05, 3.63) is 0 Å². The standard InChI is InChI=1S/C12H29N7O2/c13-7-6-10(5-3-9-19(17)12(15)21)4-1-2-8-18(16)11(14)20/h10H,1-9,13,16-17H2,(H2,14,20)(H2,15,21). The van der Waals surface area contributed by atoms with Crippen LogP contribution in [0.3, 0.4) is 0 Å². The number of carbonyl (C=O) groups excluding carboxylic acids is 2. The summed E-state index contributed by atoms with van der Waals surface area (Å²) >= 11 is 0. The van der Waals surface area contributed by atoms with Crippen molar-refractivity contribution in [1.29, 1.82) is 0 Å². The molecule has 10 N–H and O–H groups in total. The maximum absolute atomic E-state index is 10.8. The second kappa shape index (κ2) is 11.1. The molecule has 0 heterocycles. The Morgan fingerprint density at radius 3 is 1.76 bits per heavy atom. The summed E-state index contributed by atoms with van der Waals surface area (Å²) < 4.78 is 0. The average molecular weight is 303 g/mol. The van der Waals surface area contributed by atoms with Crippen molar-refractivity contribution in [3.63, 3.8) is 0 Å². The normalized spacial score (nSPS) is 12.0. The van der Waals surface area contributed by atoms with Gasteiger partial charge in [-0.2, -0.15) is 0 Å². The van der Waals surface area contributed by atoms with Crippen molar-refractivity contribution in [1.82, 2.24) is 10.0 Å². The van der Waals surface area contributed by atoms with Gasteiger partial charge in [0.25, 0.3) is 0 Å². The maximum Gasteiger partial charge on any atom is 0.328 e. The molecule has 0 saturated heterocycles. The molecule has 0 aliphatic rings. The molecule has 0 saturated carbocycles. The number of hydrogen-bond acceptors (Lipinski definition) is 5. The van der Waals surface area contributed by atoms with Gasteiger partial charge in [0.1, 0.15) is 0 Å². The molecule has 0 aliphatic heterocycles. The number of urea groups is 2. The summed E-state index contributed by atoms with van der Waals surface area (Å²) in [5.41, 5.74) is 15.7. The molecule has 9 nitrogen and oxygen atoms in total. The quantitative estimate of drug-likeness (QED) is 0.148. The van der Waals surface area contributed by atoms with Crippen LogP contribution in [-0.2, 0) is 0 Å². The van der Waals surface area contributed by atoms with Crippen molar-refractivity contribution in [3.8, 4) is 0 Å². The Kier molecular flexibility index (Phi) is 10.3. The fourth-order valence-corrected chi connectivity index (χ4v) is 2.15. The minimum atomic E-state index is -0.625. The highest BCUT2D eigenvalue weighted by Crippen LogP contribution is 2.18. The van der Waals surface area contributed by atoms with Crippen LogP contribution in [-0.4, -0.2) is 41.7 Å². The van der Waals surface area contributed by atoms with Gasteiger partial charge in [-0.05, 0) is 38.1 Å². The van der Waals surface area contributed by atoms with Crippen LogP contribution in [0.1, 0.15) is 38.5 Å². The van der Waals surface area contributed by atoms with E-state index in [1.54, 1.807) is 0 Å². The Morgan fingerprint density at radius 1 is 0.810 bits per heavy atom. The molecule has 0 fully saturated rings. The van der Waals surface area contributed by atoms with Crippen LogP contribution in [0.5, 0.6) is 0 Å². The molecule has 0 aliphatic carbocycles. The largest absolute Gasteiger partial charge is 0.350 e. The number of nitrogens with zero attached hydrogens (tertiary/aromatic N) is 2. The van der Waals surface area contributed by atoms with Gasteiger partial charge in [0.2, 0.25) is 0 Å². The highest BCUT2D eigenvalue weighted by atomic mass is 16.2. The fraction of sp³-hybridized carbons (Fsp3) is 0.833. The van der Waals surface area contributed by atoms with E-state index in [0.29, 0.717) is 25.6 Å². The van der Waals surface area contributed by atoms with Crippen molar-refractivity contribution in [2.75, 3.05) is 19.6 Å².